The molecular formula is C20H19FN4. The molecule has 3 heterocycles. The van der Waals surface area contributed by atoms with E-state index in [1.807, 2.05) is 49.5 Å². The van der Waals surface area contributed by atoms with Crippen LogP contribution in [0.25, 0.3) is 11.4 Å². The summed E-state index contributed by atoms with van der Waals surface area (Å²) in [6, 6.07) is 11.9. The minimum Gasteiger partial charge on any atom is -0.294 e. The number of fused-ring (bicyclic) bond motifs is 1. The molecule has 0 atom stereocenters. The van der Waals surface area contributed by atoms with Crippen LogP contribution in [0.15, 0.2) is 48.8 Å². The first-order chi connectivity index (χ1) is 12.2. The van der Waals surface area contributed by atoms with Gasteiger partial charge in [0, 0.05) is 55.1 Å². The summed E-state index contributed by atoms with van der Waals surface area (Å²) in [6.07, 6.45) is 4.26. The van der Waals surface area contributed by atoms with Gasteiger partial charge in [-0.05, 0) is 18.6 Å². The Balaban J connectivity index is 1.54. The molecule has 1 aromatic carbocycles. The predicted octanol–water partition coefficient (Wildman–Crippen LogP) is 3.54. The average molecular weight is 334 g/mol. The number of hydrogen-bond acceptors (Lipinski definition) is 4. The molecular weight excluding hydrogens is 315 g/mol. The van der Waals surface area contributed by atoms with E-state index in [-0.39, 0.29) is 5.95 Å². The molecule has 0 radical (unpaired) electrons. The van der Waals surface area contributed by atoms with Crippen molar-refractivity contribution in [2.45, 2.75) is 26.4 Å². The van der Waals surface area contributed by atoms with Crippen LogP contribution >= 0.6 is 0 Å². The van der Waals surface area contributed by atoms with Crippen LogP contribution in [0, 0.1) is 12.9 Å². The highest BCUT2D eigenvalue weighted by molar-refractivity contribution is 5.54. The summed E-state index contributed by atoms with van der Waals surface area (Å²) in [5, 5.41) is 0. The number of aryl methyl sites for hydroxylation is 1. The Labute approximate surface area is 146 Å². The molecule has 25 heavy (non-hydrogen) atoms. The zero-order valence-electron chi connectivity index (χ0n) is 14.1. The molecule has 0 N–H and O–H groups in total. The van der Waals surface area contributed by atoms with E-state index in [1.165, 1.54) is 6.20 Å². The average Bonchev–Trinajstić information content (AvgIpc) is 2.65. The van der Waals surface area contributed by atoms with Crippen molar-refractivity contribution in [3.63, 3.8) is 0 Å². The third kappa shape index (κ3) is 3.28. The molecule has 2 aromatic heterocycles. The number of halogens is 1. The van der Waals surface area contributed by atoms with Crippen molar-refractivity contribution in [1.82, 2.24) is 19.9 Å². The first-order valence-electron chi connectivity index (χ1n) is 8.43. The predicted molar refractivity (Wildman–Crippen MR) is 94.2 cm³/mol. The molecule has 5 heteroatoms. The standard InChI is InChI=1S/C20H19FN4/c1-14-7-9-22-19(21)17(14)13-25-10-8-18-16(12-25)11-23-20(24-18)15-5-3-2-4-6-15/h2-7,9,11H,8,10,12-13H2,1H3. The minimum absolute atomic E-state index is 0.374. The van der Waals surface area contributed by atoms with Gasteiger partial charge in [0.2, 0.25) is 5.95 Å². The van der Waals surface area contributed by atoms with E-state index < -0.39 is 0 Å². The molecule has 1 aliphatic rings. The second-order valence-corrected chi connectivity index (χ2v) is 6.39. The largest absolute Gasteiger partial charge is 0.294 e. The van der Waals surface area contributed by atoms with Crippen molar-refractivity contribution in [2.24, 2.45) is 0 Å². The van der Waals surface area contributed by atoms with Crippen LogP contribution in [0.1, 0.15) is 22.4 Å². The molecule has 0 saturated heterocycles. The highest BCUT2D eigenvalue weighted by Crippen LogP contribution is 2.23. The van der Waals surface area contributed by atoms with Gasteiger partial charge in [-0.25, -0.2) is 15.0 Å². The zero-order valence-corrected chi connectivity index (χ0v) is 14.1. The molecule has 0 fully saturated rings. The maximum Gasteiger partial charge on any atom is 0.217 e. The lowest BCUT2D eigenvalue weighted by Crippen LogP contribution is -2.31. The lowest BCUT2D eigenvalue weighted by molar-refractivity contribution is 0.238. The molecule has 0 spiro atoms. The minimum atomic E-state index is -0.374. The molecule has 4 rings (SSSR count). The summed E-state index contributed by atoms with van der Waals surface area (Å²) >= 11 is 0. The maximum atomic E-state index is 14.0. The molecule has 0 bridgehead atoms. The fraction of sp³-hybridized carbons (Fsp3) is 0.250. The Morgan fingerprint density at radius 1 is 1.12 bits per heavy atom. The Morgan fingerprint density at radius 2 is 1.96 bits per heavy atom. The Hall–Kier alpha value is -2.66. The third-order valence-corrected chi connectivity index (χ3v) is 4.66. The topological polar surface area (TPSA) is 41.9 Å². The summed E-state index contributed by atoms with van der Waals surface area (Å²) in [4.78, 5) is 15.3. The molecule has 0 unspecified atom stereocenters. The van der Waals surface area contributed by atoms with E-state index in [0.717, 1.165) is 47.7 Å². The van der Waals surface area contributed by atoms with Crippen LogP contribution in [-0.4, -0.2) is 26.4 Å². The summed E-state index contributed by atoms with van der Waals surface area (Å²) in [6.45, 7) is 4.07. The highest BCUT2D eigenvalue weighted by Gasteiger charge is 2.20. The Bertz CT molecular complexity index is 875. The smallest absolute Gasteiger partial charge is 0.217 e. The molecule has 126 valence electrons. The van der Waals surface area contributed by atoms with E-state index in [2.05, 4.69) is 14.9 Å². The Morgan fingerprint density at radius 3 is 2.76 bits per heavy atom. The molecule has 1 aliphatic heterocycles. The fourth-order valence-electron chi connectivity index (χ4n) is 3.21. The van der Waals surface area contributed by atoms with Crippen LogP contribution in [0.4, 0.5) is 4.39 Å². The quantitative estimate of drug-likeness (QED) is 0.687. The van der Waals surface area contributed by atoms with Gasteiger partial charge in [-0.3, -0.25) is 4.90 Å². The van der Waals surface area contributed by atoms with Crippen molar-refractivity contribution >= 4 is 0 Å². The van der Waals surface area contributed by atoms with Gasteiger partial charge in [0.05, 0.1) is 5.69 Å². The van der Waals surface area contributed by atoms with Gasteiger partial charge < -0.3 is 0 Å². The van der Waals surface area contributed by atoms with E-state index in [1.54, 1.807) is 0 Å². The maximum absolute atomic E-state index is 14.0. The highest BCUT2D eigenvalue weighted by atomic mass is 19.1. The summed E-state index contributed by atoms with van der Waals surface area (Å²) < 4.78 is 14.0. The van der Waals surface area contributed by atoms with Crippen molar-refractivity contribution in [3.8, 4) is 11.4 Å². The van der Waals surface area contributed by atoms with E-state index in [4.69, 9.17) is 4.98 Å². The van der Waals surface area contributed by atoms with Crippen molar-refractivity contribution in [1.29, 1.82) is 0 Å². The fourth-order valence-corrected chi connectivity index (χ4v) is 3.21. The second-order valence-electron chi connectivity index (χ2n) is 6.39. The second kappa shape index (κ2) is 6.69. The molecule has 0 aliphatic carbocycles. The van der Waals surface area contributed by atoms with E-state index in [0.29, 0.717) is 12.1 Å². The van der Waals surface area contributed by atoms with E-state index >= 15 is 0 Å². The monoisotopic (exact) mass is 334 g/mol. The van der Waals surface area contributed by atoms with Gasteiger partial charge in [0.1, 0.15) is 0 Å². The van der Waals surface area contributed by atoms with Crippen molar-refractivity contribution < 1.29 is 4.39 Å². The first-order valence-corrected chi connectivity index (χ1v) is 8.43. The Kier molecular flexibility index (Phi) is 4.24. The summed E-state index contributed by atoms with van der Waals surface area (Å²) in [5.74, 6) is 0.392. The molecule has 0 saturated carbocycles. The van der Waals surface area contributed by atoms with Gasteiger partial charge >= 0.3 is 0 Å². The van der Waals surface area contributed by atoms with Crippen molar-refractivity contribution in [2.75, 3.05) is 6.54 Å². The number of benzene rings is 1. The van der Waals surface area contributed by atoms with Gasteiger partial charge in [-0.1, -0.05) is 30.3 Å². The zero-order chi connectivity index (χ0) is 17.2. The SMILES string of the molecule is Cc1ccnc(F)c1CN1CCc2nc(-c3ccccc3)ncc2C1. The van der Waals surface area contributed by atoms with Crippen molar-refractivity contribution in [3.05, 3.63) is 77.1 Å². The third-order valence-electron chi connectivity index (χ3n) is 4.66. The van der Waals surface area contributed by atoms with Crippen LogP contribution in [0.3, 0.4) is 0 Å². The molecule has 3 aromatic rings. The summed E-state index contributed by atoms with van der Waals surface area (Å²) in [7, 11) is 0. The number of nitrogens with zero attached hydrogens (tertiary/aromatic N) is 4. The lowest BCUT2D eigenvalue weighted by atomic mass is 10.0. The van der Waals surface area contributed by atoms with Gasteiger partial charge in [0.15, 0.2) is 5.82 Å². The summed E-state index contributed by atoms with van der Waals surface area (Å²) in [5.41, 5.74) is 4.85. The van der Waals surface area contributed by atoms with Gasteiger partial charge in [-0.2, -0.15) is 4.39 Å². The number of aromatic nitrogens is 3. The van der Waals surface area contributed by atoms with Crippen LogP contribution in [0.5, 0.6) is 0 Å². The lowest BCUT2D eigenvalue weighted by Gasteiger charge is -2.28. The number of hydrogen-bond donors (Lipinski definition) is 0. The van der Waals surface area contributed by atoms with E-state index in [9.17, 15) is 4.39 Å². The van der Waals surface area contributed by atoms with Crippen LogP contribution in [-0.2, 0) is 19.5 Å². The normalized spacial score (nSPS) is 14.3. The van der Waals surface area contributed by atoms with Gasteiger partial charge in [0.25, 0.3) is 0 Å². The number of rotatable bonds is 3. The molecule has 4 nitrogen and oxygen atoms in total. The molecule has 0 amide bonds. The van der Waals surface area contributed by atoms with Crippen LogP contribution in [0.2, 0.25) is 0 Å². The van der Waals surface area contributed by atoms with Crippen LogP contribution < -0.4 is 0 Å². The number of pyridine rings is 1. The first kappa shape index (κ1) is 15.8. The van der Waals surface area contributed by atoms with Gasteiger partial charge in [-0.15, -0.1) is 0 Å².